The van der Waals surface area contributed by atoms with Gasteiger partial charge in [-0.1, -0.05) is 0 Å². The lowest BCUT2D eigenvalue weighted by Crippen LogP contribution is -2.23. The van der Waals surface area contributed by atoms with Gasteiger partial charge in [-0.05, 0) is 32.0 Å². The second-order valence-corrected chi connectivity index (χ2v) is 6.10. The van der Waals surface area contributed by atoms with Crippen LogP contribution in [0.25, 0.3) is 0 Å². The summed E-state index contributed by atoms with van der Waals surface area (Å²) in [7, 11) is -0.795. The van der Waals surface area contributed by atoms with Crippen LogP contribution in [-0.2, 0) is 10.0 Å². The van der Waals surface area contributed by atoms with Crippen LogP contribution >= 0.6 is 0 Å². The number of hydrogen-bond donors (Lipinski definition) is 1. The Hall–Kier alpha value is -1.60. The number of amides is 1. The van der Waals surface area contributed by atoms with Crippen molar-refractivity contribution >= 4 is 15.9 Å². The fourth-order valence-corrected chi connectivity index (χ4v) is 2.16. The molecule has 0 aliphatic rings. The molecule has 0 unspecified atom stereocenters. The number of ether oxygens (including phenoxy) is 1. The number of benzene rings is 1. The fraction of sp³-hybridized carbons (Fsp3) is 0.417. The van der Waals surface area contributed by atoms with Crippen LogP contribution in [0, 0.1) is 0 Å². The molecular weight excluding hydrogens is 268 g/mol. The lowest BCUT2D eigenvalue weighted by molar-refractivity contribution is 0.0827. The van der Waals surface area contributed by atoms with Crippen molar-refractivity contribution in [3.63, 3.8) is 0 Å². The van der Waals surface area contributed by atoms with Crippen LogP contribution in [0.2, 0.25) is 0 Å². The van der Waals surface area contributed by atoms with Crippen LogP contribution in [0.3, 0.4) is 0 Å². The fourth-order valence-electron chi connectivity index (χ4n) is 1.47. The van der Waals surface area contributed by atoms with Gasteiger partial charge in [-0.15, -0.1) is 0 Å². The summed E-state index contributed by atoms with van der Waals surface area (Å²) in [6.07, 6.45) is -0.198. The van der Waals surface area contributed by atoms with E-state index in [2.05, 4.69) is 0 Å². The lowest BCUT2D eigenvalue weighted by Gasteiger charge is -2.15. The van der Waals surface area contributed by atoms with Crippen LogP contribution in [0.15, 0.2) is 23.1 Å². The Morgan fingerprint density at radius 2 is 1.89 bits per heavy atom. The molecule has 0 atom stereocenters. The first kappa shape index (κ1) is 15.5. The molecule has 19 heavy (non-hydrogen) atoms. The first-order valence-electron chi connectivity index (χ1n) is 5.68. The molecule has 0 heterocycles. The minimum Gasteiger partial charge on any atom is -0.490 e. The van der Waals surface area contributed by atoms with Crippen molar-refractivity contribution in [2.24, 2.45) is 5.14 Å². The third-order valence-electron chi connectivity index (χ3n) is 2.27. The molecule has 7 heteroatoms. The number of nitrogens with two attached hydrogens (primary N) is 1. The van der Waals surface area contributed by atoms with Crippen molar-refractivity contribution < 1.29 is 17.9 Å². The van der Waals surface area contributed by atoms with Gasteiger partial charge < -0.3 is 9.64 Å². The van der Waals surface area contributed by atoms with Crippen LogP contribution in [0.1, 0.15) is 24.2 Å². The molecule has 1 rings (SSSR count). The Morgan fingerprint density at radius 3 is 2.32 bits per heavy atom. The van der Waals surface area contributed by atoms with Crippen molar-refractivity contribution in [1.82, 2.24) is 4.90 Å². The van der Waals surface area contributed by atoms with Crippen molar-refractivity contribution in [3.05, 3.63) is 23.8 Å². The molecule has 2 N–H and O–H groups in total. The van der Waals surface area contributed by atoms with Gasteiger partial charge in [0.1, 0.15) is 10.6 Å². The standard InChI is InChI=1S/C12H18N2O4S/c1-8(2)18-10-6-5-9(12(15)14(3)4)7-11(10)19(13,16)17/h5-8H,1-4H3,(H2,13,16,17). The first-order valence-corrected chi connectivity index (χ1v) is 7.22. The molecule has 0 aliphatic heterocycles. The van der Waals surface area contributed by atoms with Crippen LogP contribution < -0.4 is 9.88 Å². The molecule has 0 saturated carbocycles. The van der Waals surface area contributed by atoms with Gasteiger partial charge in [0.25, 0.3) is 5.91 Å². The molecule has 1 aromatic rings. The third kappa shape index (κ3) is 3.93. The first-order chi connectivity index (χ1) is 8.62. The van der Waals surface area contributed by atoms with Gasteiger partial charge >= 0.3 is 0 Å². The Morgan fingerprint density at radius 1 is 1.32 bits per heavy atom. The SMILES string of the molecule is CC(C)Oc1ccc(C(=O)N(C)C)cc1S(N)(=O)=O. The third-order valence-corrected chi connectivity index (χ3v) is 3.20. The normalized spacial score (nSPS) is 11.5. The van der Waals surface area contributed by atoms with E-state index in [1.54, 1.807) is 27.9 Å². The zero-order valence-corrected chi connectivity index (χ0v) is 12.2. The van der Waals surface area contributed by atoms with E-state index in [0.29, 0.717) is 0 Å². The van der Waals surface area contributed by atoms with Gasteiger partial charge in [0.15, 0.2) is 0 Å². The Bertz CT molecular complexity index is 579. The van der Waals surface area contributed by atoms with Gasteiger partial charge in [0.05, 0.1) is 6.10 Å². The van der Waals surface area contributed by atoms with E-state index in [1.165, 1.54) is 23.1 Å². The highest BCUT2D eigenvalue weighted by Gasteiger charge is 2.19. The zero-order valence-electron chi connectivity index (χ0n) is 11.4. The highest BCUT2D eigenvalue weighted by atomic mass is 32.2. The molecule has 1 aromatic carbocycles. The molecule has 6 nitrogen and oxygen atoms in total. The molecule has 0 spiro atoms. The number of nitrogens with zero attached hydrogens (tertiary/aromatic N) is 1. The largest absolute Gasteiger partial charge is 0.490 e. The molecule has 0 radical (unpaired) electrons. The summed E-state index contributed by atoms with van der Waals surface area (Å²) in [5, 5.41) is 5.15. The molecule has 106 valence electrons. The molecule has 0 fully saturated rings. The highest BCUT2D eigenvalue weighted by molar-refractivity contribution is 7.89. The summed E-state index contributed by atoms with van der Waals surface area (Å²) in [4.78, 5) is 13.0. The Balaban J connectivity index is 3.36. The van der Waals surface area contributed by atoms with E-state index in [1.807, 2.05) is 0 Å². The summed E-state index contributed by atoms with van der Waals surface area (Å²) >= 11 is 0. The van der Waals surface area contributed by atoms with Crippen LogP contribution in [0.4, 0.5) is 0 Å². The average Bonchev–Trinajstić information content (AvgIpc) is 2.26. The highest BCUT2D eigenvalue weighted by Crippen LogP contribution is 2.25. The summed E-state index contributed by atoms with van der Waals surface area (Å²) < 4.78 is 28.5. The minimum atomic E-state index is -3.96. The van der Waals surface area contributed by atoms with Gasteiger partial charge in [-0.3, -0.25) is 4.79 Å². The quantitative estimate of drug-likeness (QED) is 0.887. The molecular formula is C12H18N2O4S. The van der Waals surface area contributed by atoms with Gasteiger partial charge in [0.2, 0.25) is 10.0 Å². The van der Waals surface area contributed by atoms with Crippen LogP contribution in [0.5, 0.6) is 5.75 Å². The maximum atomic E-state index is 11.8. The van der Waals surface area contributed by atoms with E-state index in [0.717, 1.165) is 0 Å². The molecule has 0 bridgehead atoms. The maximum absolute atomic E-state index is 11.8. The second-order valence-electron chi connectivity index (χ2n) is 4.57. The van der Waals surface area contributed by atoms with Crippen molar-refractivity contribution in [1.29, 1.82) is 0 Å². The zero-order chi connectivity index (χ0) is 14.8. The number of carbonyl (C=O) groups excluding carboxylic acids is 1. The van der Waals surface area contributed by atoms with Gasteiger partial charge in [0, 0.05) is 19.7 Å². The van der Waals surface area contributed by atoms with E-state index >= 15 is 0 Å². The monoisotopic (exact) mass is 286 g/mol. The molecule has 0 aromatic heterocycles. The van der Waals surface area contributed by atoms with E-state index < -0.39 is 10.0 Å². The summed E-state index contributed by atoms with van der Waals surface area (Å²) in [5.41, 5.74) is 0.241. The summed E-state index contributed by atoms with van der Waals surface area (Å²) in [6.45, 7) is 3.54. The number of carbonyl (C=O) groups is 1. The van der Waals surface area contributed by atoms with Crippen molar-refractivity contribution in [3.8, 4) is 5.75 Å². The average molecular weight is 286 g/mol. The Labute approximate surface area is 113 Å². The number of primary sulfonamides is 1. The topological polar surface area (TPSA) is 89.7 Å². The number of hydrogen-bond acceptors (Lipinski definition) is 4. The van der Waals surface area contributed by atoms with E-state index in [-0.39, 0.29) is 28.2 Å². The predicted octanol–water partition coefficient (Wildman–Crippen LogP) is 0.823. The minimum absolute atomic E-state index is 0.146. The predicted molar refractivity (Wildman–Crippen MR) is 71.6 cm³/mol. The lowest BCUT2D eigenvalue weighted by atomic mass is 10.2. The molecule has 0 saturated heterocycles. The number of sulfonamides is 1. The van der Waals surface area contributed by atoms with E-state index in [4.69, 9.17) is 9.88 Å². The van der Waals surface area contributed by atoms with Crippen LogP contribution in [-0.4, -0.2) is 39.4 Å². The summed E-state index contributed by atoms with van der Waals surface area (Å²) in [5.74, 6) is -0.159. The van der Waals surface area contributed by atoms with Gasteiger partial charge in [-0.2, -0.15) is 0 Å². The summed E-state index contributed by atoms with van der Waals surface area (Å²) in [6, 6.07) is 4.18. The Kier molecular flexibility index (Phi) is 4.54. The van der Waals surface area contributed by atoms with Crippen molar-refractivity contribution in [2.75, 3.05) is 14.1 Å². The van der Waals surface area contributed by atoms with Gasteiger partial charge in [-0.25, -0.2) is 13.6 Å². The molecule has 1 amide bonds. The number of rotatable bonds is 4. The smallest absolute Gasteiger partial charge is 0.253 e. The maximum Gasteiger partial charge on any atom is 0.253 e. The second kappa shape index (κ2) is 5.58. The van der Waals surface area contributed by atoms with E-state index in [9.17, 15) is 13.2 Å². The molecule has 0 aliphatic carbocycles. The van der Waals surface area contributed by atoms with Crippen molar-refractivity contribution in [2.45, 2.75) is 24.8 Å².